The van der Waals surface area contributed by atoms with Crippen LogP contribution in [-0.4, -0.2) is 17.7 Å². The lowest BCUT2D eigenvalue weighted by Crippen LogP contribution is -2.23. The molecule has 1 aliphatic carbocycles. The van der Waals surface area contributed by atoms with Crippen LogP contribution in [0.2, 0.25) is 0 Å². The Bertz CT molecular complexity index is 466. The van der Waals surface area contributed by atoms with Crippen LogP contribution in [0.4, 0.5) is 5.69 Å². The molecule has 1 atom stereocenters. The first-order chi connectivity index (χ1) is 8.11. The smallest absolute Gasteiger partial charge is 0.101 e. The van der Waals surface area contributed by atoms with Gasteiger partial charge in [0, 0.05) is 17.1 Å². The molecule has 1 aromatic rings. The van der Waals surface area contributed by atoms with E-state index in [0.29, 0.717) is 33.9 Å². The minimum Gasteiger partial charge on any atom is -0.397 e. The van der Waals surface area contributed by atoms with Crippen molar-refractivity contribution in [3.8, 4) is 6.07 Å². The number of aliphatic hydroxyl groups is 1. The quantitative estimate of drug-likeness (QED) is 0.738. The molecule has 0 amide bonds. The average Bonchev–Trinajstić information content (AvgIpc) is 3.13. The van der Waals surface area contributed by atoms with Gasteiger partial charge in [0.15, 0.2) is 0 Å². The Morgan fingerprint density at radius 3 is 2.88 bits per heavy atom. The van der Waals surface area contributed by atoms with Gasteiger partial charge in [-0.15, -0.1) is 0 Å². The lowest BCUT2D eigenvalue weighted by Gasteiger charge is -2.13. The van der Waals surface area contributed by atoms with Crippen molar-refractivity contribution in [2.45, 2.75) is 25.0 Å². The first-order valence-corrected chi connectivity index (χ1v) is 6.31. The highest BCUT2D eigenvalue weighted by Crippen LogP contribution is 2.28. The number of anilines is 1. The topological polar surface area (TPSA) is 82.1 Å². The maximum absolute atomic E-state index is 10.00. The fourth-order valence-electron chi connectivity index (χ4n) is 1.61. The number of nitrogens with two attached hydrogens (primary N) is 1. The predicted octanol–water partition coefficient (Wildman–Crippen LogP) is 1.69. The summed E-state index contributed by atoms with van der Waals surface area (Å²) in [6, 6.07) is 5.97. The molecule has 0 aliphatic heterocycles. The Labute approximate surface area is 109 Å². The van der Waals surface area contributed by atoms with Gasteiger partial charge in [-0.05, 0) is 46.5 Å². The second kappa shape index (κ2) is 5.05. The van der Waals surface area contributed by atoms with Crippen LogP contribution in [-0.2, 0) is 0 Å². The van der Waals surface area contributed by atoms with Crippen molar-refractivity contribution in [2.24, 2.45) is 0 Å². The minimum atomic E-state index is -0.611. The maximum Gasteiger partial charge on any atom is 0.101 e. The normalized spacial score (nSPS) is 16.5. The zero-order chi connectivity index (χ0) is 12.4. The van der Waals surface area contributed by atoms with Gasteiger partial charge in [0.05, 0.1) is 17.4 Å². The van der Waals surface area contributed by atoms with Gasteiger partial charge in [-0.3, -0.25) is 0 Å². The minimum absolute atomic E-state index is 0.389. The van der Waals surface area contributed by atoms with Gasteiger partial charge in [-0.25, -0.2) is 0 Å². The predicted molar refractivity (Wildman–Crippen MR) is 69.3 cm³/mol. The summed E-state index contributed by atoms with van der Waals surface area (Å²) in [6.45, 7) is 0.506. The van der Waals surface area contributed by atoms with E-state index in [-0.39, 0.29) is 0 Å². The Hall–Kier alpha value is -1.09. The zero-order valence-electron chi connectivity index (χ0n) is 9.28. The maximum atomic E-state index is 10.00. The van der Waals surface area contributed by atoms with Crippen LogP contribution < -0.4 is 11.1 Å². The summed E-state index contributed by atoms with van der Waals surface area (Å²) in [4.78, 5) is 0. The van der Waals surface area contributed by atoms with E-state index in [1.54, 1.807) is 12.1 Å². The van der Waals surface area contributed by atoms with Crippen LogP contribution in [0.25, 0.3) is 0 Å². The summed E-state index contributed by atoms with van der Waals surface area (Å²) >= 11 is 3.29. The third kappa shape index (κ3) is 2.97. The molecule has 0 aromatic heterocycles. The van der Waals surface area contributed by atoms with E-state index < -0.39 is 6.10 Å². The Morgan fingerprint density at radius 1 is 1.59 bits per heavy atom. The van der Waals surface area contributed by atoms with Crippen molar-refractivity contribution in [3.05, 3.63) is 27.7 Å². The molecule has 1 unspecified atom stereocenters. The van der Waals surface area contributed by atoms with Gasteiger partial charge in [0.2, 0.25) is 0 Å². The fourth-order valence-corrected chi connectivity index (χ4v) is 2.09. The van der Waals surface area contributed by atoms with Crippen molar-refractivity contribution < 1.29 is 5.11 Å². The number of aliphatic hydroxyl groups excluding tert-OH is 1. The lowest BCUT2D eigenvalue weighted by molar-refractivity contribution is 0.174. The van der Waals surface area contributed by atoms with Gasteiger partial charge >= 0.3 is 0 Å². The number of halogens is 1. The molecule has 1 saturated carbocycles. The molecular weight excluding hydrogens is 282 g/mol. The molecule has 0 radical (unpaired) electrons. The van der Waals surface area contributed by atoms with E-state index >= 15 is 0 Å². The monoisotopic (exact) mass is 295 g/mol. The number of rotatable bonds is 4. The molecule has 1 aromatic carbocycles. The van der Waals surface area contributed by atoms with Gasteiger partial charge in [-0.2, -0.15) is 5.26 Å². The average molecular weight is 296 g/mol. The van der Waals surface area contributed by atoms with Crippen molar-refractivity contribution in [1.82, 2.24) is 5.32 Å². The fraction of sp³-hybridized carbons (Fsp3) is 0.417. The van der Waals surface area contributed by atoms with Crippen molar-refractivity contribution in [3.63, 3.8) is 0 Å². The summed E-state index contributed by atoms with van der Waals surface area (Å²) < 4.78 is 0.650. The summed E-state index contributed by atoms with van der Waals surface area (Å²) in [5.74, 6) is 0. The van der Waals surface area contributed by atoms with E-state index in [1.807, 2.05) is 6.07 Å². The molecule has 17 heavy (non-hydrogen) atoms. The van der Waals surface area contributed by atoms with E-state index in [0.717, 1.165) is 0 Å². The highest BCUT2D eigenvalue weighted by molar-refractivity contribution is 9.10. The van der Waals surface area contributed by atoms with E-state index in [4.69, 9.17) is 11.0 Å². The molecule has 0 bridgehead atoms. The zero-order valence-corrected chi connectivity index (χ0v) is 10.9. The van der Waals surface area contributed by atoms with E-state index in [9.17, 15) is 5.11 Å². The largest absolute Gasteiger partial charge is 0.397 e. The third-order valence-corrected chi connectivity index (χ3v) is 3.49. The molecular formula is C12H14BrN3O. The van der Waals surface area contributed by atoms with E-state index in [1.165, 1.54) is 12.8 Å². The summed E-state index contributed by atoms with van der Waals surface area (Å²) in [7, 11) is 0. The summed E-state index contributed by atoms with van der Waals surface area (Å²) in [5, 5.41) is 22.2. The highest BCUT2D eigenvalue weighted by Gasteiger charge is 2.22. The Kier molecular flexibility index (Phi) is 3.67. The standard InChI is InChI=1S/C12H14BrN3O/c13-10-4-7(3-8(5-14)12(10)15)11(17)6-16-9-1-2-9/h3-4,9,11,16-17H,1-2,6,15H2. The molecule has 0 saturated heterocycles. The Morgan fingerprint density at radius 2 is 2.29 bits per heavy atom. The molecule has 0 heterocycles. The number of nitrogens with one attached hydrogen (secondary N) is 1. The molecule has 1 aliphatic rings. The number of nitrogens with zero attached hydrogens (tertiary/aromatic N) is 1. The van der Waals surface area contributed by atoms with Gasteiger partial charge < -0.3 is 16.2 Å². The number of hydrogen-bond acceptors (Lipinski definition) is 4. The van der Waals surface area contributed by atoms with Gasteiger partial charge in [0.25, 0.3) is 0 Å². The first kappa shape index (κ1) is 12.4. The number of nitriles is 1. The summed E-state index contributed by atoms with van der Waals surface area (Å²) in [5.41, 5.74) is 7.24. The van der Waals surface area contributed by atoms with Crippen LogP contribution in [0.5, 0.6) is 0 Å². The third-order valence-electron chi connectivity index (χ3n) is 2.83. The van der Waals surface area contributed by atoms with Crippen LogP contribution in [0.15, 0.2) is 16.6 Å². The number of hydrogen-bond donors (Lipinski definition) is 3. The molecule has 0 spiro atoms. The molecule has 4 nitrogen and oxygen atoms in total. The molecule has 90 valence electrons. The molecule has 1 fully saturated rings. The number of nitrogen functional groups attached to an aromatic ring is 1. The van der Waals surface area contributed by atoms with Gasteiger partial charge in [0.1, 0.15) is 6.07 Å². The van der Waals surface area contributed by atoms with Crippen LogP contribution >= 0.6 is 15.9 Å². The van der Waals surface area contributed by atoms with Crippen LogP contribution in [0, 0.1) is 11.3 Å². The van der Waals surface area contributed by atoms with Gasteiger partial charge in [-0.1, -0.05) is 0 Å². The van der Waals surface area contributed by atoms with Crippen LogP contribution in [0.1, 0.15) is 30.1 Å². The summed E-state index contributed by atoms with van der Waals surface area (Å²) in [6.07, 6.45) is 1.75. The number of benzene rings is 1. The SMILES string of the molecule is N#Cc1cc(C(O)CNC2CC2)cc(Br)c1N. The molecule has 2 rings (SSSR count). The van der Waals surface area contributed by atoms with Crippen molar-refractivity contribution >= 4 is 21.6 Å². The van der Waals surface area contributed by atoms with Crippen molar-refractivity contribution in [2.75, 3.05) is 12.3 Å². The lowest BCUT2D eigenvalue weighted by atomic mass is 10.0. The molecule has 4 N–H and O–H groups in total. The Balaban J connectivity index is 2.13. The second-order valence-electron chi connectivity index (χ2n) is 4.27. The second-order valence-corrected chi connectivity index (χ2v) is 5.13. The van der Waals surface area contributed by atoms with E-state index in [2.05, 4.69) is 21.2 Å². The van der Waals surface area contributed by atoms with Crippen LogP contribution in [0.3, 0.4) is 0 Å². The first-order valence-electron chi connectivity index (χ1n) is 5.52. The highest BCUT2D eigenvalue weighted by atomic mass is 79.9. The van der Waals surface area contributed by atoms with Crippen molar-refractivity contribution in [1.29, 1.82) is 5.26 Å². The molecule has 5 heteroatoms.